The minimum absolute atomic E-state index is 0.0870. The smallest absolute Gasteiger partial charge is 0.289 e. The first kappa shape index (κ1) is 17.5. The van der Waals surface area contributed by atoms with E-state index in [0.29, 0.717) is 18.9 Å². The molecule has 0 spiro atoms. The summed E-state index contributed by atoms with van der Waals surface area (Å²) in [6, 6.07) is 1.85. The number of amides is 1. The van der Waals surface area contributed by atoms with Crippen LogP contribution in [0.1, 0.15) is 29.9 Å². The fraction of sp³-hybridized carbons (Fsp3) is 0.529. The van der Waals surface area contributed by atoms with Crippen molar-refractivity contribution < 1.29 is 14.3 Å². The third kappa shape index (κ3) is 4.40. The maximum Gasteiger partial charge on any atom is 0.289 e. The molecule has 0 bridgehead atoms. The van der Waals surface area contributed by atoms with E-state index in [0.717, 1.165) is 25.0 Å². The molecule has 2 atom stereocenters. The van der Waals surface area contributed by atoms with Crippen LogP contribution in [-0.2, 0) is 16.5 Å². The Hall–Kier alpha value is -2.32. The average molecular weight is 345 g/mol. The van der Waals surface area contributed by atoms with Crippen LogP contribution >= 0.6 is 0 Å². The highest BCUT2D eigenvalue weighted by Gasteiger charge is 2.27. The Morgan fingerprint density at radius 2 is 2.28 bits per heavy atom. The number of methoxy groups -OCH3 is 1. The number of hydrogen-bond donors (Lipinski definition) is 1. The van der Waals surface area contributed by atoms with Crippen LogP contribution in [0.25, 0.3) is 11.4 Å². The molecule has 134 valence electrons. The fourth-order valence-electron chi connectivity index (χ4n) is 2.99. The summed E-state index contributed by atoms with van der Waals surface area (Å²) >= 11 is 0. The zero-order chi connectivity index (χ0) is 17.6. The molecule has 1 amide bonds. The van der Waals surface area contributed by atoms with Gasteiger partial charge in [0.2, 0.25) is 5.82 Å². The van der Waals surface area contributed by atoms with E-state index in [1.165, 1.54) is 0 Å². The summed E-state index contributed by atoms with van der Waals surface area (Å²) in [5.74, 6) is -0.0889. The summed E-state index contributed by atoms with van der Waals surface area (Å²) in [6.07, 6.45) is 7.80. The SMILES string of the molecule is COCCO[C@@H]1CC[C@@H](NC(=O)c2nccc(-c3cncn3C)n2)C1. The lowest BCUT2D eigenvalue weighted by atomic mass is 10.2. The summed E-state index contributed by atoms with van der Waals surface area (Å²) in [7, 11) is 3.53. The van der Waals surface area contributed by atoms with Crippen LogP contribution in [0.4, 0.5) is 0 Å². The monoisotopic (exact) mass is 345 g/mol. The molecule has 8 heteroatoms. The molecule has 2 aromatic rings. The van der Waals surface area contributed by atoms with E-state index in [2.05, 4.69) is 20.3 Å². The number of ether oxygens (including phenoxy) is 2. The Morgan fingerprint density at radius 1 is 1.40 bits per heavy atom. The Kier molecular flexibility index (Phi) is 5.72. The molecule has 0 radical (unpaired) electrons. The van der Waals surface area contributed by atoms with Gasteiger partial charge in [-0.2, -0.15) is 0 Å². The first-order valence-corrected chi connectivity index (χ1v) is 8.38. The van der Waals surface area contributed by atoms with Crippen molar-refractivity contribution in [3.63, 3.8) is 0 Å². The summed E-state index contributed by atoms with van der Waals surface area (Å²) in [4.78, 5) is 25.0. The highest BCUT2D eigenvalue weighted by atomic mass is 16.5. The normalized spacial score (nSPS) is 19.9. The summed E-state index contributed by atoms with van der Waals surface area (Å²) in [6.45, 7) is 1.17. The maximum atomic E-state index is 12.5. The number of carbonyl (C=O) groups is 1. The quantitative estimate of drug-likeness (QED) is 0.758. The van der Waals surface area contributed by atoms with Gasteiger partial charge in [-0.05, 0) is 25.3 Å². The second-order valence-electron chi connectivity index (χ2n) is 6.12. The van der Waals surface area contributed by atoms with Crippen LogP contribution in [0, 0.1) is 0 Å². The van der Waals surface area contributed by atoms with Gasteiger partial charge in [0.1, 0.15) is 0 Å². The van der Waals surface area contributed by atoms with Crippen molar-refractivity contribution >= 4 is 5.91 Å². The molecule has 1 fully saturated rings. The first-order valence-electron chi connectivity index (χ1n) is 8.38. The molecule has 25 heavy (non-hydrogen) atoms. The number of nitrogens with zero attached hydrogens (tertiary/aromatic N) is 4. The molecular formula is C17H23N5O3. The molecule has 3 rings (SSSR count). The van der Waals surface area contributed by atoms with Gasteiger partial charge in [-0.15, -0.1) is 0 Å². The summed E-state index contributed by atoms with van der Waals surface area (Å²) in [5.41, 5.74) is 1.51. The lowest BCUT2D eigenvalue weighted by Crippen LogP contribution is -2.34. The van der Waals surface area contributed by atoms with Crippen LogP contribution in [0.5, 0.6) is 0 Å². The first-order chi connectivity index (χ1) is 12.2. The van der Waals surface area contributed by atoms with E-state index in [4.69, 9.17) is 9.47 Å². The van der Waals surface area contributed by atoms with Crippen LogP contribution in [-0.4, -0.2) is 57.9 Å². The molecule has 1 aliphatic carbocycles. The van der Waals surface area contributed by atoms with Gasteiger partial charge in [-0.25, -0.2) is 15.0 Å². The average Bonchev–Trinajstić information content (AvgIpc) is 3.24. The lowest BCUT2D eigenvalue weighted by Gasteiger charge is -2.13. The molecule has 1 saturated carbocycles. The van der Waals surface area contributed by atoms with Crippen molar-refractivity contribution in [2.24, 2.45) is 7.05 Å². The van der Waals surface area contributed by atoms with Crippen molar-refractivity contribution in [2.45, 2.75) is 31.4 Å². The van der Waals surface area contributed by atoms with Crippen LogP contribution in [0.3, 0.4) is 0 Å². The summed E-state index contributed by atoms with van der Waals surface area (Å²) < 4.78 is 12.6. The van der Waals surface area contributed by atoms with Crippen molar-refractivity contribution in [1.29, 1.82) is 0 Å². The lowest BCUT2D eigenvalue weighted by molar-refractivity contribution is 0.0200. The second kappa shape index (κ2) is 8.17. The van der Waals surface area contributed by atoms with Crippen molar-refractivity contribution in [3.8, 4) is 11.4 Å². The van der Waals surface area contributed by atoms with Gasteiger partial charge < -0.3 is 19.4 Å². The van der Waals surface area contributed by atoms with Gasteiger partial charge in [-0.1, -0.05) is 0 Å². The Bertz CT molecular complexity index is 718. The molecule has 1 N–H and O–H groups in total. The third-order valence-corrected chi connectivity index (χ3v) is 4.30. The number of rotatable bonds is 7. The zero-order valence-corrected chi connectivity index (χ0v) is 14.5. The third-order valence-electron chi connectivity index (χ3n) is 4.30. The van der Waals surface area contributed by atoms with E-state index in [9.17, 15) is 4.79 Å². The van der Waals surface area contributed by atoms with Gasteiger partial charge in [0.05, 0.1) is 43.2 Å². The predicted octanol–water partition coefficient (Wildman–Crippen LogP) is 1.19. The van der Waals surface area contributed by atoms with Crippen molar-refractivity contribution in [1.82, 2.24) is 24.8 Å². The zero-order valence-electron chi connectivity index (χ0n) is 14.5. The summed E-state index contributed by atoms with van der Waals surface area (Å²) in [5, 5.41) is 3.01. The van der Waals surface area contributed by atoms with Gasteiger partial charge in [0.25, 0.3) is 5.91 Å². The van der Waals surface area contributed by atoms with E-state index >= 15 is 0 Å². The number of aromatic nitrogens is 4. The second-order valence-corrected chi connectivity index (χ2v) is 6.12. The number of carbonyl (C=O) groups excluding carboxylic acids is 1. The van der Waals surface area contributed by atoms with E-state index < -0.39 is 0 Å². The van der Waals surface area contributed by atoms with E-state index in [1.807, 2.05) is 11.6 Å². The Balaban J connectivity index is 1.58. The van der Waals surface area contributed by atoms with E-state index in [1.54, 1.807) is 31.9 Å². The number of nitrogens with one attached hydrogen (secondary N) is 1. The molecule has 2 heterocycles. The molecule has 0 saturated heterocycles. The maximum absolute atomic E-state index is 12.5. The van der Waals surface area contributed by atoms with Crippen LogP contribution in [0.2, 0.25) is 0 Å². The predicted molar refractivity (Wildman–Crippen MR) is 91.0 cm³/mol. The van der Waals surface area contributed by atoms with Gasteiger partial charge >= 0.3 is 0 Å². The fourth-order valence-corrected chi connectivity index (χ4v) is 2.99. The Morgan fingerprint density at radius 3 is 3.04 bits per heavy atom. The van der Waals surface area contributed by atoms with Crippen molar-refractivity contribution in [3.05, 3.63) is 30.6 Å². The van der Waals surface area contributed by atoms with Gasteiger partial charge in [-0.3, -0.25) is 4.79 Å². The largest absolute Gasteiger partial charge is 0.382 e. The van der Waals surface area contributed by atoms with Gasteiger partial charge in [0, 0.05) is 26.4 Å². The van der Waals surface area contributed by atoms with Crippen LogP contribution < -0.4 is 5.32 Å². The highest BCUT2D eigenvalue weighted by molar-refractivity contribution is 5.91. The molecule has 0 aromatic carbocycles. The number of hydrogen-bond acceptors (Lipinski definition) is 6. The molecule has 0 unspecified atom stereocenters. The number of aryl methyl sites for hydroxylation is 1. The standard InChI is InChI=1S/C17H23N5O3/c1-22-11-18-10-15(22)14-5-6-19-16(21-14)17(23)20-12-3-4-13(9-12)25-8-7-24-2/h5-6,10-13H,3-4,7-9H2,1-2H3,(H,20,23)/t12-,13-/m1/s1. The highest BCUT2D eigenvalue weighted by Crippen LogP contribution is 2.22. The van der Waals surface area contributed by atoms with Crippen molar-refractivity contribution in [2.75, 3.05) is 20.3 Å². The van der Waals surface area contributed by atoms with E-state index in [-0.39, 0.29) is 23.9 Å². The van der Waals surface area contributed by atoms with Gasteiger partial charge in [0.15, 0.2) is 0 Å². The minimum Gasteiger partial charge on any atom is -0.382 e. The molecular weight excluding hydrogens is 322 g/mol. The number of imidazole rings is 1. The molecule has 1 aliphatic rings. The Labute approximate surface area is 146 Å². The molecule has 2 aromatic heterocycles. The minimum atomic E-state index is -0.258. The molecule has 8 nitrogen and oxygen atoms in total. The van der Waals surface area contributed by atoms with Crippen LogP contribution in [0.15, 0.2) is 24.8 Å². The topological polar surface area (TPSA) is 91.2 Å². The molecule has 0 aliphatic heterocycles.